The van der Waals surface area contributed by atoms with E-state index in [1.54, 1.807) is 11.3 Å². The van der Waals surface area contributed by atoms with Crippen LogP contribution in [0.15, 0.2) is 0 Å². The molecule has 3 heteroatoms. The lowest BCUT2D eigenvalue weighted by Crippen LogP contribution is -2.04. The summed E-state index contributed by atoms with van der Waals surface area (Å²) >= 11 is 4.98. The molecule has 0 radical (unpaired) electrons. The minimum Gasteiger partial charge on any atom is -0.292 e. The molecule has 0 N–H and O–H groups in total. The van der Waals surface area contributed by atoms with Gasteiger partial charge in [0.05, 0.1) is 10.2 Å². The first-order chi connectivity index (χ1) is 7.48. The molecule has 0 saturated heterocycles. The van der Waals surface area contributed by atoms with Gasteiger partial charge in [-0.2, -0.15) is 0 Å². The molecule has 2 aliphatic carbocycles. The molecule has 0 bridgehead atoms. The van der Waals surface area contributed by atoms with Crippen molar-refractivity contribution in [2.75, 3.05) is 5.33 Å². The number of hydrogen-bond acceptors (Lipinski definition) is 2. The summed E-state index contributed by atoms with van der Waals surface area (Å²) in [5.41, 5.74) is 3.37. The number of rotatable bonds is 2. The zero-order valence-electron chi connectivity index (χ0n) is 9.76. The van der Waals surface area contributed by atoms with E-state index >= 15 is 0 Å². The van der Waals surface area contributed by atoms with Crippen molar-refractivity contribution in [3.8, 4) is 0 Å². The van der Waals surface area contributed by atoms with E-state index in [0.717, 1.165) is 23.1 Å². The molecular weight excluding hydrogens is 284 g/mol. The van der Waals surface area contributed by atoms with Crippen molar-refractivity contribution in [2.45, 2.75) is 33.1 Å². The van der Waals surface area contributed by atoms with E-state index in [-0.39, 0.29) is 5.78 Å². The van der Waals surface area contributed by atoms with Crippen LogP contribution in [-0.4, -0.2) is 11.1 Å². The van der Waals surface area contributed by atoms with Gasteiger partial charge in [0.1, 0.15) is 0 Å². The highest BCUT2D eigenvalue weighted by Gasteiger charge is 2.63. The molecule has 3 rings (SSSR count). The largest absolute Gasteiger partial charge is 0.292 e. The van der Waals surface area contributed by atoms with E-state index in [4.69, 9.17) is 0 Å². The zero-order chi connectivity index (χ0) is 11.7. The summed E-state index contributed by atoms with van der Waals surface area (Å²) in [6, 6.07) is 0. The Morgan fingerprint density at radius 2 is 2.25 bits per heavy atom. The van der Waals surface area contributed by atoms with Gasteiger partial charge in [0.15, 0.2) is 5.78 Å². The highest BCUT2D eigenvalue weighted by atomic mass is 79.9. The maximum absolute atomic E-state index is 11.8. The van der Waals surface area contributed by atoms with Gasteiger partial charge in [0.2, 0.25) is 0 Å². The van der Waals surface area contributed by atoms with Crippen molar-refractivity contribution in [1.29, 1.82) is 0 Å². The van der Waals surface area contributed by atoms with Crippen LogP contribution in [0, 0.1) is 18.3 Å². The average Bonchev–Trinajstić information content (AvgIpc) is 2.62. The second-order valence-electron chi connectivity index (χ2n) is 5.55. The van der Waals surface area contributed by atoms with Crippen LogP contribution in [0.5, 0.6) is 0 Å². The molecule has 0 unspecified atom stereocenters. The first kappa shape index (κ1) is 11.0. The summed E-state index contributed by atoms with van der Waals surface area (Å²) in [4.78, 5) is 14.2. The Kier molecular flexibility index (Phi) is 2.19. The van der Waals surface area contributed by atoms with Crippen molar-refractivity contribution < 1.29 is 4.79 Å². The number of carbonyl (C=O) groups excluding carboxylic acids is 1. The van der Waals surface area contributed by atoms with E-state index in [9.17, 15) is 4.79 Å². The molecule has 1 saturated carbocycles. The van der Waals surface area contributed by atoms with Crippen molar-refractivity contribution in [3.63, 3.8) is 0 Å². The maximum atomic E-state index is 11.8. The van der Waals surface area contributed by atoms with Gasteiger partial charge in [-0.25, -0.2) is 0 Å². The molecule has 1 nitrogen and oxygen atoms in total. The highest BCUT2D eigenvalue weighted by molar-refractivity contribution is 9.09. The lowest BCUT2D eigenvalue weighted by atomic mass is 9.95. The number of hydrogen-bond donors (Lipinski definition) is 0. The Morgan fingerprint density at radius 3 is 2.88 bits per heavy atom. The molecule has 2 aliphatic rings. The normalized spacial score (nSPS) is 28.8. The smallest absolute Gasteiger partial charge is 0.183 e. The second kappa shape index (κ2) is 3.20. The maximum Gasteiger partial charge on any atom is 0.183 e. The monoisotopic (exact) mass is 298 g/mol. The summed E-state index contributed by atoms with van der Waals surface area (Å²) in [5, 5.41) is 0.456. The van der Waals surface area contributed by atoms with Gasteiger partial charge in [-0.15, -0.1) is 11.3 Å². The van der Waals surface area contributed by atoms with E-state index in [1.165, 1.54) is 16.0 Å². The lowest BCUT2D eigenvalue weighted by Gasteiger charge is -2.09. The summed E-state index contributed by atoms with van der Waals surface area (Å²) in [7, 11) is 0. The van der Waals surface area contributed by atoms with Crippen LogP contribution in [0.4, 0.5) is 0 Å². The Balaban J connectivity index is 2.08. The molecule has 1 aromatic heterocycles. The van der Waals surface area contributed by atoms with Crippen LogP contribution in [0.2, 0.25) is 0 Å². The predicted molar refractivity (Wildman–Crippen MR) is 70.9 cm³/mol. The minimum absolute atomic E-state index is 0.258. The topological polar surface area (TPSA) is 17.1 Å². The van der Waals surface area contributed by atoms with Crippen LogP contribution in [0.3, 0.4) is 0 Å². The Bertz CT molecular complexity index is 486. The SMILES string of the molecule is Cc1sc(C(=O)CBr)c2c1[C@H]1[C@@H](C2)C1(C)C. The third kappa shape index (κ3) is 1.19. The molecule has 0 spiro atoms. The van der Waals surface area contributed by atoms with E-state index in [2.05, 4.69) is 36.7 Å². The number of alkyl halides is 1. The van der Waals surface area contributed by atoms with Gasteiger partial charge < -0.3 is 0 Å². The van der Waals surface area contributed by atoms with Crippen molar-refractivity contribution in [1.82, 2.24) is 0 Å². The lowest BCUT2D eigenvalue weighted by molar-refractivity contribution is 0.102. The van der Waals surface area contributed by atoms with Crippen molar-refractivity contribution in [3.05, 3.63) is 20.9 Å². The number of thiophene rings is 1. The van der Waals surface area contributed by atoms with E-state index in [1.807, 2.05) is 0 Å². The van der Waals surface area contributed by atoms with E-state index < -0.39 is 0 Å². The molecule has 0 aliphatic heterocycles. The predicted octanol–water partition coefficient (Wildman–Crippen LogP) is 3.93. The number of carbonyl (C=O) groups is 1. The minimum atomic E-state index is 0.258. The molecule has 0 aromatic carbocycles. The fraction of sp³-hybridized carbons (Fsp3) is 0.615. The summed E-state index contributed by atoms with van der Waals surface area (Å²) in [6.07, 6.45) is 1.13. The number of halogens is 1. The quantitative estimate of drug-likeness (QED) is 0.597. The summed E-state index contributed by atoms with van der Waals surface area (Å²) < 4.78 is 0. The molecule has 0 amide bonds. The first-order valence-electron chi connectivity index (χ1n) is 5.69. The highest BCUT2D eigenvalue weighted by Crippen LogP contribution is 2.71. The number of fused-ring (bicyclic) bond motifs is 3. The van der Waals surface area contributed by atoms with Gasteiger partial charge in [-0.05, 0) is 41.7 Å². The van der Waals surface area contributed by atoms with E-state index in [0.29, 0.717) is 10.7 Å². The molecule has 1 heterocycles. The number of aryl methyl sites for hydroxylation is 1. The zero-order valence-corrected chi connectivity index (χ0v) is 12.2. The van der Waals surface area contributed by atoms with Crippen molar-refractivity contribution >= 4 is 33.0 Å². The Hall–Kier alpha value is -0.150. The molecule has 1 fully saturated rings. The summed E-state index contributed by atoms with van der Waals surface area (Å²) in [6.45, 7) is 6.88. The standard InChI is InChI=1S/C13H15BrOS/c1-6-10-7(12(16-6)9(15)5-14)4-8-11(10)13(8,2)3/h8,11H,4-5H2,1-3H3/t8-,11-/m1/s1. The van der Waals surface area contributed by atoms with Crippen LogP contribution in [0.1, 0.15) is 45.4 Å². The van der Waals surface area contributed by atoms with Gasteiger partial charge in [0, 0.05) is 4.88 Å². The first-order valence-corrected chi connectivity index (χ1v) is 7.63. The number of Topliss-reactive ketones (excluding diaryl/α,β-unsaturated/α-hetero) is 1. The van der Waals surface area contributed by atoms with Gasteiger partial charge >= 0.3 is 0 Å². The van der Waals surface area contributed by atoms with Crippen LogP contribution < -0.4 is 0 Å². The third-order valence-corrected chi connectivity index (χ3v) is 6.11. The van der Waals surface area contributed by atoms with Gasteiger partial charge in [-0.3, -0.25) is 4.79 Å². The van der Waals surface area contributed by atoms with Crippen LogP contribution in [0.25, 0.3) is 0 Å². The molecule has 1 aromatic rings. The number of ketones is 1. The molecule has 2 atom stereocenters. The van der Waals surface area contributed by atoms with Crippen LogP contribution in [-0.2, 0) is 6.42 Å². The third-order valence-electron chi connectivity index (χ3n) is 4.39. The Morgan fingerprint density at radius 1 is 1.56 bits per heavy atom. The second-order valence-corrected chi connectivity index (χ2v) is 7.33. The van der Waals surface area contributed by atoms with Gasteiger partial charge in [0.25, 0.3) is 0 Å². The molecular formula is C13H15BrOS. The van der Waals surface area contributed by atoms with Crippen LogP contribution >= 0.6 is 27.3 Å². The summed E-state index contributed by atoms with van der Waals surface area (Å²) in [5.74, 6) is 1.79. The fourth-order valence-corrected chi connectivity index (χ4v) is 5.05. The Labute approximate surface area is 108 Å². The van der Waals surface area contributed by atoms with Gasteiger partial charge in [-0.1, -0.05) is 29.8 Å². The molecule has 86 valence electrons. The fourth-order valence-electron chi connectivity index (χ4n) is 3.42. The van der Waals surface area contributed by atoms with Crippen molar-refractivity contribution in [2.24, 2.45) is 11.3 Å². The average molecular weight is 299 g/mol. The molecule has 16 heavy (non-hydrogen) atoms.